The van der Waals surface area contributed by atoms with Crippen molar-refractivity contribution in [3.05, 3.63) is 65.0 Å². The lowest BCUT2D eigenvalue weighted by molar-refractivity contribution is -0.117. The largest absolute Gasteiger partial charge is 0.463 e. The number of fused-ring (bicyclic) bond motifs is 2. The van der Waals surface area contributed by atoms with Crippen LogP contribution >= 0.6 is 0 Å². The van der Waals surface area contributed by atoms with Crippen LogP contribution in [0.2, 0.25) is 0 Å². The van der Waals surface area contributed by atoms with Crippen molar-refractivity contribution in [2.45, 2.75) is 50.2 Å². The number of carbonyl (C=O) groups is 1. The molecule has 11 nitrogen and oxygen atoms in total. The monoisotopic (exact) mass is 688 g/mol. The first kappa shape index (κ1) is 34.2. The van der Waals surface area contributed by atoms with Crippen LogP contribution in [0.25, 0.3) is 10.9 Å². The van der Waals surface area contributed by atoms with E-state index in [1.807, 2.05) is 4.90 Å². The van der Waals surface area contributed by atoms with E-state index in [0.29, 0.717) is 61.8 Å². The number of hydrogen-bond donors (Lipinski definition) is 2. The Morgan fingerprint density at radius 3 is 2.74 bits per heavy atom. The van der Waals surface area contributed by atoms with E-state index in [-0.39, 0.29) is 53.6 Å². The van der Waals surface area contributed by atoms with Gasteiger partial charge in [-0.2, -0.15) is 9.97 Å². The molecule has 0 radical (unpaired) electrons. The van der Waals surface area contributed by atoms with Crippen LogP contribution in [-0.2, 0) is 20.7 Å². The van der Waals surface area contributed by atoms with Crippen molar-refractivity contribution in [2.75, 3.05) is 70.7 Å². The van der Waals surface area contributed by atoms with Crippen molar-refractivity contribution >= 4 is 22.6 Å². The van der Waals surface area contributed by atoms with Gasteiger partial charge in [-0.15, -0.1) is 6.42 Å². The molecule has 2 aliphatic carbocycles. The van der Waals surface area contributed by atoms with Gasteiger partial charge in [-0.3, -0.25) is 14.7 Å². The van der Waals surface area contributed by atoms with Gasteiger partial charge >= 0.3 is 6.01 Å². The number of terminal acetylenes is 1. The fraction of sp³-hybridized carbons (Fsp3) is 0.514. The second-order valence-corrected chi connectivity index (χ2v) is 14.2. The molecule has 2 aliphatic heterocycles. The van der Waals surface area contributed by atoms with Crippen LogP contribution in [-0.4, -0.2) is 108 Å². The molecule has 2 unspecified atom stereocenters. The minimum atomic E-state index is -1.22. The van der Waals surface area contributed by atoms with Crippen molar-refractivity contribution in [1.29, 1.82) is 0 Å². The molecule has 4 heterocycles. The molecule has 3 atom stereocenters. The number of halogens is 2. The number of benzene rings is 1. The first-order valence-corrected chi connectivity index (χ1v) is 17.1. The lowest BCUT2D eigenvalue weighted by Gasteiger charge is -2.36. The van der Waals surface area contributed by atoms with Gasteiger partial charge in [0.25, 0.3) is 0 Å². The molecule has 2 N–H and O–H groups in total. The quantitative estimate of drug-likeness (QED) is 0.256. The van der Waals surface area contributed by atoms with E-state index in [0.717, 1.165) is 32.5 Å². The summed E-state index contributed by atoms with van der Waals surface area (Å²) in [6.45, 7) is 10.9. The SMILES string of the molecule is C#Cc1c(F)ccc2c1C(c1ncc3c(N4CCOC[C@H](NC(=O)C=C)C4)nc(OCC4(CN5CCOCC5)CC4)nc3c1F)CC(C)(O)C2. The Labute approximate surface area is 290 Å². The van der Waals surface area contributed by atoms with Crippen LogP contribution in [0.3, 0.4) is 0 Å². The van der Waals surface area contributed by atoms with Crippen molar-refractivity contribution < 1.29 is 32.9 Å². The van der Waals surface area contributed by atoms with Crippen LogP contribution in [0.1, 0.15) is 54.5 Å². The number of ether oxygens (including phenoxy) is 3. The lowest BCUT2D eigenvalue weighted by atomic mass is 9.72. The minimum Gasteiger partial charge on any atom is -0.463 e. The van der Waals surface area contributed by atoms with E-state index in [1.165, 1.54) is 18.3 Å². The Hall–Kier alpha value is -4.22. The van der Waals surface area contributed by atoms with Crippen molar-refractivity contribution in [2.24, 2.45) is 5.41 Å². The third-order valence-electron chi connectivity index (χ3n) is 10.2. The molecule has 3 aromatic rings. The molecule has 3 fully saturated rings. The predicted octanol–water partition coefficient (Wildman–Crippen LogP) is 3.11. The molecule has 0 bridgehead atoms. The van der Waals surface area contributed by atoms with Gasteiger partial charge < -0.3 is 29.5 Å². The summed E-state index contributed by atoms with van der Waals surface area (Å²) in [5.74, 6) is 0.336. The van der Waals surface area contributed by atoms with E-state index in [9.17, 15) is 9.90 Å². The Balaban J connectivity index is 1.29. The number of rotatable bonds is 9. The van der Waals surface area contributed by atoms with E-state index >= 15 is 8.78 Å². The molecule has 264 valence electrons. The average molecular weight is 689 g/mol. The van der Waals surface area contributed by atoms with Crippen LogP contribution in [0, 0.1) is 29.4 Å². The Morgan fingerprint density at radius 1 is 1.22 bits per heavy atom. The molecule has 13 heteroatoms. The highest BCUT2D eigenvalue weighted by Gasteiger charge is 2.45. The normalized spacial score (nSPS) is 24.9. The van der Waals surface area contributed by atoms with Gasteiger partial charge in [0.15, 0.2) is 5.82 Å². The zero-order chi connectivity index (χ0) is 35.0. The lowest BCUT2D eigenvalue weighted by Crippen LogP contribution is -2.44. The number of aromatic nitrogens is 3. The summed E-state index contributed by atoms with van der Waals surface area (Å²) in [7, 11) is 0. The molecular formula is C37H42F2N6O5. The van der Waals surface area contributed by atoms with Crippen LogP contribution in [0.4, 0.5) is 14.6 Å². The fourth-order valence-corrected chi connectivity index (χ4v) is 7.50. The summed E-state index contributed by atoms with van der Waals surface area (Å²) < 4.78 is 49.7. The molecule has 1 saturated carbocycles. The summed E-state index contributed by atoms with van der Waals surface area (Å²) in [6, 6.07) is 2.49. The highest BCUT2D eigenvalue weighted by Crippen LogP contribution is 2.47. The molecule has 50 heavy (non-hydrogen) atoms. The van der Waals surface area contributed by atoms with Crippen LogP contribution < -0.4 is 15.0 Å². The highest BCUT2D eigenvalue weighted by atomic mass is 19.1. The minimum absolute atomic E-state index is 0.00210. The third-order valence-corrected chi connectivity index (χ3v) is 10.2. The number of anilines is 1. The average Bonchev–Trinajstić information content (AvgIpc) is 3.91. The van der Waals surface area contributed by atoms with E-state index in [1.54, 1.807) is 13.0 Å². The number of hydrogen-bond acceptors (Lipinski definition) is 10. The zero-order valence-corrected chi connectivity index (χ0v) is 28.2. The maximum Gasteiger partial charge on any atom is 0.319 e. The smallest absolute Gasteiger partial charge is 0.319 e. The van der Waals surface area contributed by atoms with Crippen LogP contribution in [0.5, 0.6) is 6.01 Å². The number of nitrogens with one attached hydrogen (secondary N) is 1. The summed E-state index contributed by atoms with van der Waals surface area (Å²) in [5, 5.41) is 14.5. The van der Waals surface area contributed by atoms with E-state index < -0.39 is 29.2 Å². The van der Waals surface area contributed by atoms with Crippen molar-refractivity contribution in [3.8, 4) is 18.4 Å². The molecule has 2 saturated heterocycles. The number of pyridine rings is 1. The second kappa shape index (κ2) is 13.8. The standard InChI is InChI=1S/C37H42F2N6O5/c1-4-25-28(38)7-6-23-16-36(3,47)17-26(30(23)25)32-31(39)33-27(18-40-32)34(45-12-15-49-20-24(19-45)41-29(46)5-2)43-35(42-33)50-22-37(8-9-37)21-44-10-13-48-14-11-44/h1,5-7,18,24,26,47H,2,8-17,19-22H2,3H3,(H,41,46)/t24-,26?,36?/m1/s1. The molecule has 0 spiro atoms. The van der Waals surface area contributed by atoms with Gasteiger partial charge in [-0.1, -0.05) is 18.6 Å². The maximum absolute atomic E-state index is 17.1. The van der Waals surface area contributed by atoms with E-state index in [2.05, 4.69) is 32.7 Å². The summed E-state index contributed by atoms with van der Waals surface area (Å²) in [6.07, 6.45) is 10.8. The van der Waals surface area contributed by atoms with Gasteiger partial charge in [0, 0.05) is 56.7 Å². The van der Waals surface area contributed by atoms with Crippen molar-refractivity contribution in [1.82, 2.24) is 25.2 Å². The van der Waals surface area contributed by atoms with E-state index in [4.69, 9.17) is 25.6 Å². The Bertz CT molecular complexity index is 1840. The van der Waals surface area contributed by atoms with Gasteiger partial charge in [0.2, 0.25) is 5.91 Å². The summed E-state index contributed by atoms with van der Waals surface area (Å²) in [5.41, 5.74) is -0.175. The molecule has 4 aliphatic rings. The molecule has 1 aromatic carbocycles. The van der Waals surface area contributed by atoms with Gasteiger partial charge in [-0.05, 0) is 49.5 Å². The third kappa shape index (κ3) is 7.03. The predicted molar refractivity (Wildman–Crippen MR) is 182 cm³/mol. The molecule has 7 rings (SSSR count). The number of amides is 1. The zero-order valence-electron chi connectivity index (χ0n) is 28.2. The molecular weight excluding hydrogens is 646 g/mol. The second-order valence-electron chi connectivity index (χ2n) is 14.2. The maximum atomic E-state index is 17.1. The highest BCUT2D eigenvalue weighted by molar-refractivity contribution is 5.90. The summed E-state index contributed by atoms with van der Waals surface area (Å²) in [4.78, 5) is 30.5. The van der Waals surface area contributed by atoms with Crippen molar-refractivity contribution in [3.63, 3.8) is 0 Å². The number of morpholine rings is 1. The summed E-state index contributed by atoms with van der Waals surface area (Å²) >= 11 is 0. The Kier molecular flexibility index (Phi) is 9.47. The Morgan fingerprint density at radius 2 is 2.00 bits per heavy atom. The number of carbonyl (C=O) groups excluding carboxylic acids is 1. The molecule has 1 amide bonds. The fourth-order valence-electron chi connectivity index (χ4n) is 7.50. The number of aliphatic hydroxyl groups is 1. The first-order chi connectivity index (χ1) is 24.1. The first-order valence-electron chi connectivity index (χ1n) is 17.1. The topological polar surface area (TPSA) is 122 Å². The van der Waals surface area contributed by atoms with Crippen LogP contribution in [0.15, 0.2) is 31.0 Å². The number of nitrogens with zero attached hydrogens (tertiary/aromatic N) is 5. The van der Waals surface area contributed by atoms with Gasteiger partial charge in [-0.25, -0.2) is 8.78 Å². The molecule has 2 aromatic heterocycles. The van der Waals surface area contributed by atoms with Gasteiger partial charge in [0.1, 0.15) is 17.2 Å². The van der Waals surface area contributed by atoms with Gasteiger partial charge in [0.05, 0.1) is 61.3 Å².